The number of carbonyl (C=O) groups excluding carboxylic acids is 2. The number of alkyl carbamates (subject to hydrolysis) is 1. The van der Waals surface area contributed by atoms with Crippen LogP contribution in [-0.2, 0) is 27.7 Å². The van der Waals surface area contributed by atoms with Crippen LogP contribution in [0, 0.1) is 0 Å². The summed E-state index contributed by atoms with van der Waals surface area (Å²) >= 11 is 5.49. The van der Waals surface area contributed by atoms with E-state index in [0.29, 0.717) is 0 Å². The number of rotatable bonds is 5. The van der Waals surface area contributed by atoms with Crippen LogP contribution in [0.2, 0.25) is 0 Å². The van der Waals surface area contributed by atoms with Gasteiger partial charge in [-0.15, -0.1) is 0 Å². The molecule has 1 amide bonds. The maximum Gasteiger partial charge on any atom is 0.408 e. The van der Waals surface area contributed by atoms with Crippen molar-refractivity contribution in [2.24, 2.45) is 7.05 Å². The van der Waals surface area contributed by atoms with E-state index in [1.165, 1.54) is 0 Å². The number of para-hydroxylation sites is 1. The number of benzene rings is 1. The molecule has 1 unspecified atom stereocenters. The lowest BCUT2D eigenvalue weighted by atomic mass is 10.1. The average molecular weight is 367 g/mol. The summed E-state index contributed by atoms with van der Waals surface area (Å²) in [5.74, 6) is -0.603. The molecule has 1 aromatic carbocycles. The third kappa shape index (κ3) is 5.13. The Balaban J connectivity index is 2.23. The molecule has 0 saturated heterocycles. The Morgan fingerprint density at radius 3 is 2.60 bits per heavy atom. The third-order valence-electron chi connectivity index (χ3n) is 3.58. The number of nitrogens with one attached hydrogen (secondary N) is 1. The van der Waals surface area contributed by atoms with Crippen molar-refractivity contribution >= 4 is 34.6 Å². The van der Waals surface area contributed by atoms with Gasteiger partial charge in [0.1, 0.15) is 11.6 Å². The lowest BCUT2D eigenvalue weighted by molar-refractivity contribution is -0.144. The van der Waals surface area contributed by atoms with Gasteiger partial charge in [-0.25, -0.2) is 9.59 Å². The van der Waals surface area contributed by atoms with Gasteiger partial charge in [0.05, 0.1) is 0 Å². The number of ether oxygens (including phenoxy) is 2. The van der Waals surface area contributed by atoms with Crippen molar-refractivity contribution in [1.82, 2.24) is 9.88 Å². The molecule has 1 N–H and O–H groups in total. The first-order chi connectivity index (χ1) is 11.7. The standard InChI is InChI=1S/C18H23ClN2O4/c1-18(2,3)25-17(23)20-14(16(22)24-11-19)9-12-10-21(4)15-8-6-5-7-13(12)15/h5-8,10,14H,9,11H2,1-4H3,(H,20,23). The second-order valence-corrected chi connectivity index (χ2v) is 6.98. The number of alkyl halides is 1. The van der Waals surface area contributed by atoms with Crippen LogP contribution < -0.4 is 5.32 Å². The van der Waals surface area contributed by atoms with Gasteiger partial charge in [0.15, 0.2) is 6.07 Å². The quantitative estimate of drug-likeness (QED) is 0.650. The summed E-state index contributed by atoms with van der Waals surface area (Å²) in [6.45, 7) is 5.26. The Morgan fingerprint density at radius 2 is 1.96 bits per heavy atom. The molecule has 25 heavy (non-hydrogen) atoms. The van der Waals surface area contributed by atoms with Gasteiger partial charge in [-0.1, -0.05) is 29.8 Å². The van der Waals surface area contributed by atoms with Crippen molar-refractivity contribution in [3.8, 4) is 0 Å². The number of hydrogen-bond donors (Lipinski definition) is 1. The molecule has 7 heteroatoms. The number of aromatic nitrogens is 1. The van der Waals surface area contributed by atoms with Crippen molar-refractivity contribution in [3.05, 3.63) is 36.0 Å². The minimum absolute atomic E-state index is 0.274. The van der Waals surface area contributed by atoms with Crippen LogP contribution in [0.15, 0.2) is 30.5 Å². The molecule has 2 rings (SSSR count). The van der Waals surface area contributed by atoms with Crippen LogP contribution in [0.5, 0.6) is 0 Å². The normalized spacial score (nSPS) is 12.7. The molecule has 0 saturated carbocycles. The summed E-state index contributed by atoms with van der Waals surface area (Å²) in [5.41, 5.74) is 1.30. The molecular formula is C18H23ClN2O4. The Bertz CT molecular complexity index is 764. The van der Waals surface area contributed by atoms with E-state index in [-0.39, 0.29) is 12.5 Å². The monoisotopic (exact) mass is 366 g/mol. The maximum atomic E-state index is 12.2. The van der Waals surface area contributed by atoms with Crippen molar-refractivity contribution in [3.63, 3.8) is 0 Å². The highest BCUT2D eigenvalue weighted by atomic mass is 35.5. The number of fused-ring (bicyclic) bond motifs is 1. The van der Waals surface area contributed by atoms with Crippen LogP contribution in [0.1, 0.15) is 26.3 Å². The van der Waals surface area contributed by atoms with Crippen molar-refractivity contribution in [2.75, 3.05) is 6.07 Å². The Morgan fingerprint density at radius 1 is 1.28 bits per heavy atom. The number of halogens is 1. The molecule has 0 aliphatic heterocycles. The highest BCUT2D eigenvalue weighted by Crippen LogP contribution is 2.22. The molecule has 136 valence electrons. The molecule has 1 aromatic heterocycles. The number of carbonyl (C=O) groups is 2. The van der Waals surface area contributed by atoms with Gasteiger partial charge in [0.25, 0.3) is 0 Å². The average Bonchev–Trinajstić information content (AvgIpc) is 2.82. The van der Waals surface area contributed by atoms with E-state index in [1.807, 2.05) is 42.1 Å². The predicted octanol–water partition coefficient (Wildman–Crippen LogP) is 3.35. The molecule has 0 radical (unpaired) electrons. The largest absolute Gasteiger partial charge is 0.448 e. The van der Waals surface area contributed by atoms with Crippen molar-refractivity contribution < 1.29 is 19.1 Å². The number of aryl methyl sites for hydroxylation is 1. The lowest BCUT2D eigenvalue weighted by Gasteiger charge is -2.22. The van der Waals surface area contributed by atoms with E-state index in [9.17, 15) is 9.59 Å². The number of esters is 1. The van der Waals surface area contributed by atoms with E-state index in [2.05, 4.69) is 5.32 Å². The summed E-state index contributed by atoms with van der Waals surface area (Å²) < 4.78 is 12.1. The van der Waals surface area contributed by atoms with Crippen LogP contribution in [0.4, 0.5) is 4.79 Å². The highest BCUT2D eigenvalue weighted by Gasteiger charge is 2.26. The molecule has 1 heterocycles. The van der Waals surface area contributed by atoms with E-state index < -0.39 is 23.7 Å². The Hall–Kier alpha value is -2.21. The second kappa shape index (κ2) is 7.78. The predicted molar refractivity (Wildman–Crippen MR) is 96.6 cm³/mol. The zero-order chi connectivity index (χ0) is 18.6. The fraction of sp³-hybridized carbons (Fsp3) is 0.444. The first kappa shape index (κ1) is 19.1. The molecule has 0 aliphatic carbocycles. The van der Waals surface area contributed by atoms with Gasteiger partial charge >= 0.3 is 12.1 Å². The molecule has 6 nitrogen and oxygen atoms in total. The first-order valence-corrected chi connectivity index (χ1v) is 8.50. The zero-order valence-electron chi connectivity index (χ0n) is 14.8. The molecule has 0 fully saturated rings. The van der Waals surface area contributed by atoms with Gasteiger partial charge in [0, 0.05) is 30.6 Å². The highest BCUT2D eigenvalue weighted by molar-refractivity contribution is 6.17. The van der Waals surface area contributed by atoms with Gasteiger partial charge < -0.3 is 19.4 Å². The number of hydrogen-bond acceptors (Lipinski definition) is 4. The zero-order valence-corrected chi connectivity index (χ0v) is 15.6. The fourth-order valence-electron chi connectivity index (χ4n) is 2.61. The fourth-order valence-corrected chi connectivity index (χ4v) is 2.71. The minimum Gasteiger partial charge on any atom is -0.448 e. The summed E-state index contributed by atoms with van der Waals surface area (Å²) in [6.07, 6.45) is 1.53. The third-order valence-corrected chi connectivity index (χ3v) is 3.68. The summed E-state index contributed by atoms with van der Waals surface area (Å²) in [5, 5.41) is 3.59. The summed E-state index contributed by atoms with van der Waals surface area (Å²) in [7, 11) is 1.93. The molecule has 1 atom stereocenters. The Kier molecular flexibility index (Phi) is 5.95. The minimum atomic E-state index is -0.889. The Labute approximate surface area is 152 Å². The molecule has 2 aromatic rings. The van der Waals surface area contributed by atoms with Crippen LogP contribution >= 0.6 is 11.6 Å². The molecule has 0 bridgehead atoms. The lowest BCUT2D eigenvalue weighted by Crippen LogP contribution is -2.45. The van der Waals surface area contributed by atoms with E-state index >= 15 is 0 Å². The molecule has 0 aliphatic rings. The van der Waals surface area contributed by atoms with Crippen LogP contribution in [-0.4, -0.2) is 34.3 Å². The first-order valence-electron chi connectivity index (χ1n) is 7.96. The number of nitrogens with zero attached hydrogens (tertiary/aromatic N) is 1. The second-order valence-electron chi connectivity index (χ2n) is 6.76. The van der Waals surface area contributed by atoms with Gasteiger partial charge in [-0.05, 0) is 32.4 Å². The summed E-state index contributed by atoms with van der Waals surface area (Å²) in [6, 6.07) is 6.68. The van der Waals surface area contributed by atoms with Gasteiger partial charge in [-0.3, -0.25) is 0 Å². The topological polar surface area (TPSA) is 69.6 Å². The molecular weight excluding hydrogens is 344 g/mol. The van der Waals surface area contributed by atoms with E-state index in [1.54, 1.807) is 20.8 Å². The SMILES string of the molecule is Cn1cc(CC(NC(=O)OC(C)(C)C)C(=O)OCCl)c2ccccc21. The van der Waals surface area contributed by atoms with Gasteiger partial charge in [-0.2, -0.15) is 0 Å². The van der Waals surface area contributed by atoms with Crippen molar-refractivity contribution in [1.29, 1.82) is 0 Å². The molecule has 0 spiro atoms. The van der Waals surface area contributed by atoms with E-state index in [4.69, 9.17) is 21.1 Å². The van der Waals surface area contributed by atoms with E-state index in [0.717, 1.165) is 16.5 Å². The smallest absolute Gasteiger partial charge is 0.408 e. The maximum absolute atomic E-state index is 12.2. The van der Waals surface area contributed by atoms with Gasteiger partial charge in [0.2, 0.25) is 0 Å². The van der Waals surface area contributed by atoms with Crippen LogP contribution in [0.3, 0.4) is 0 Å². The van der Waals surface area contributed by atoms with Crippen LogP contribution in [0.25, 0.3) is 10.9 Å². The summed E-state index contributed by atoms with van der Waals surface area (Å²) in [4.78, 5) is 24.3. The van der Waals surface area contributed by atoms with Crippen molar-refractivity contribution in [2.45, 2.75) is 38.8 Å². The number of amides is 1.